The van der Waals surface area contributed by atoms with Gasteiger partial charge in [-0.15, -0.1) is 12.4 Å². The summed E-state index contributed by atoms with van der Waals surface area (Å²) in [4.78, 5) is 44.0. The van der Waals surface area contributed by atoms with Crippen LogP contribution in [0.25, 0.3) is 0 Å². The summed E-state index contributed by atoms with van der Waals surface area (Å²) < 4.78 is 0. The van der Waals surface area contributed by atoms with Crippen LogP contribution in [-0.2, 0) is 27.3 Å². The number of hydrogen-bond acceptors (Lipinski definition) is 4. The second-order valence-electron chi connectivity index (χ2n) is 10.2. The molecule has 218 valence electrons. The third-order valence-corrected chi connectivity index (χ3v) is 9.16. The molecule has 2 heterocycles. The molecule has 2 aromatic carbocycles. The number of carbonyl (C=O) groups is 3. The second-order valence-corrected chi connectivity index (χ2v) is 11.8. The fraction of sp³-hybridized carbons (Fsp3) is 0.464. The number of rotatable bonds is 8. The standard InChI is InChI=1S/C28H31Cl4N3O4.ClH/c1-17(36)34-10-11-35(26(37)13-18-4-6-23(29)25(31)12-18)19(15-34)14-21(28(38)39)20-5-7-24(30)27(32)22(20)16-33-8-2-3-9-33;/h4-7,12,19,21H,2-3,8-11,13-16H2,1H3,(H,38,39);1H/t19-,21?;/m0./s1. The van der Waals surface area contributed by atoms with Gasteiger partial charge < -0.3 is 14.9 Å². The van der Waals surface area contributed by atoms with Crippen molar-refractivity contribution >= 4 is 76.6 Å². The number of amides is 2. The predicted octanol–water partition coefficient (Wildman–Crippen LogP) is 6.18. The minimum Gasteiger partial charge on any atom is -0.481 e. The van der Waals surface area contributed by atoms with E-state index in [0.717, 1.165) is 25.9 Å². The lowest BCUT2D eigenvalue weighted by Gasteiger charge is -2.42. The van der Waals surface area contributed by atoms with Gasteiger partial charge in [0.2, 0.25) is 11.8 Å². The SMILES string of the molecule is CC(=O)N1CCN(C(=O)Cc2ccc(Cl)c(Cl)c2)[C@@H](CC(C(=O)O)c2ccc(Cl)c(Cl)c2CN2CCCC2)C1.Cl. The van der Waals surface area contributed by atoms with E-state index in [9.17, 15) is 19.5 Å². The van der Waals surface area contributed by atoms with Crippen LogP contribution >= 0.6 is 58.8 Å². The number of benzene rings is 2. The molecule has 0 radical (unpaired) electrons. The fourth-order valence-electron chi connectivity index (χ4n) is 5.49. The molecule has 0 spiro atoms. The molecule has 2 aliphatic heterocycles. The molecule has 2 fully saturated rings. The van der Waals surface area contributed by atoms with Crippen molar-refractivity contribution in [1.29, 1.82) is 0 Å². The van der Waals surface area contributed by atoms with Gasteiger partial charge in [0, 0.05) is 33.1 Å². The van der Waals surface area contributed by atoms with Gasteiger partial charge in [-0.3, -0.25) is 19.3 Å². The van der Waals surface area contributed by atoms with Crippen LogP contribution in [0.1, 0.15) is 48.8 Å². The number of likely N-dealkylation sites (tertiary alicyclic amines) is 1. The van der Waals surface area contributed by atoms with E-state index in [4.69, 9.17) is 46.4 Å². The van der Waals surface area contributed by atoms with Gasteiger partial charge in [-0.1, -0.05) is 58.5 Å². The molecule has 2 aliphatic rings. The van der Waals surface area contributed by atoms with Crippen LogP contribution < -0.4 is 0 Å². The Kier molecular flexibility index (Phi) is 11.8. The summed E-state index contributed by atoms with van der Waals surface area (Å²) in [5.41, 5.74) is 1.99. The molecule has 2 saturated heterocycles. The first-order valence-electron chi connectivity index (χ1n) is 13.0. The zero-order valence-electron chi connectivity index (χ0n) is 22.0. The van der Waals surface area contributed by atoms with E-state index in [0.29, 0.717) is 56.4 Å². The molecule has 1 N–H and O–H groups in total. The summed E-state index contributed by atoms with van der Waals surface area (Å²) in [7, 11) is 0. The van der Waals surface area contributed by atoms with Gasteiger partial charge in [-0.25, -0.2) is 0 Å². The number of carboxylic acid groups (broad SMARTS) is 1. The first-order chi connectivity index (χ1) is 18.5. The van der Waals surface area contributed by atoms with Crippen LogP contribution in [-0.4, -0.2) is 76.4 Å². The molecule has 7 nitrogen and oxygen atoms in total. The Hall–Kier alpha value is -1.74. The highest BCUT2D eigenvalue weighted by atomic mass is 35.5. The molecule has 0 aliphatic carbocycles. The first kappa shape index (κ1) is 32.8. The molecule has 0 saturated carbocycles. The molecule has 2 atom stereocenters. The van der Waals surface area contributed by atoms with Crippen molar-refractivity contribution in [3.05, 3.63) is 67.1 Å². The van der Waals surface area contributed by atoms with Crippen LogP contribution in [0.15, 0.2) is 30.3 Å². The second kappa shape index (κ2) is 14.4. The quantitative estimate of drug-likeness (QED) is 0.369. The maximum absolute atomic E-state index is 13.5. The van der Waals surface area contributed by atoms with Crippen molar-refractivity contribution in [1.82, 2.24) is 14.7 Å². The van der Waals surface area contributed by atoms with E-state index >= 15 is 0 Å². The van der Waals surface area contributed by atoms with Crippen LogP contribution in [0.3, 0.4) is 0 Å². The van der Waals surface area contributed by atoms with Gasteiger partial charge >= 0.3 is 5.97 Å². The molecular formula is C28H32Cl5N3O4. The van der Waals surface area contributed by atoms with Crippen molar-refractivity contribution in [3.63, 3.8) is 0 Å². The number of halogens is 5. The van der Waals surface area contributed by atoms with Crippen molar-refractivity contribution in [2.45, 2.75) is 51.1 Å². The lowest BCUT2D eigenvalue weighted by atomic mass is 9.87. The van der Waals surface area contributed by atoms with Crippen molar-refractivity contribution in [2.75, 3.05) is 32.7 Å². The molecule has 0 aromatic heterocycles. The van der Waals surface area contributed by atoms with Crippen molar-refractivity contribution in [3.8, 4) is 0 Å². The zero-order valence-corrected chi connectivity index (χ0v) is 25.9. The van der Waals surface area contributed by atoms with Gasteiger partial charge in [-0.2, -0.15) is 0 Å². The minimum absolute atomic E-state index is 0. The molecule has 4 rings (SSSR count). The normalized spacial score (nSPS) is 18.4. The van der Waals surface area contributed by atoms with Crippen LogP contribution in [0.5, 0.6) is 0 Å². The summed E-state index contributed by atoms with van der Waals surface area (Å²) in [6.07, 6.45) is 2.36. The number of piperazine rings is 1. The molecule has 2 aromatic rings. The van der Waals surface area contributed by atoms with Gasteiger partial charge in [0.1, 0.15) is 0 Å². The Morgan fingerprint density at radius 3 is 2.25 bits per heavy atom. The van der Waals surface area contributed by atoms with Crippen LogP contribution in [0, 0.1) is 0 Å². The lowest BCUT2D eigenvalue weighted by molar-refractivity contribution is -0.144. The number of carboxylic acids is 1. The largest absolute Gasteiger partial charge is 0.481 e. The van der Waals surface area contributed by atoms with Gasteiger partial charge in [-0.05, 0) is 67.2 Å². The monoisotopic (exact) mass is 649 g/mol. The molecule has 40 heavy (non-hydrogen) atoms. The summed E-state index contributed by atoms with van der Waals surface area (Å²) >= 11 is 25.2. The van der Waals surface area contributed by atoms with Crippen LogP contribution in [0.2, 0.25) is 20.1 Å². The number of aliphatic carboxylic acids is 1. The van der Waals surface area contributed by atoms with Crippen molar-refractivity contribution < 1.29 is 19.5 Å². The van der Waals surface area contributed by atoms with E-state index < -0.39 is 17.9 Å². The Labute approximate surface area is 260 Å². The molecule has 12 heteroatoms. The highest BCUT2D eigenvalue weighted by Crippen LogP contribution is 2.37. The van der Waals surface area contributed by atoms with E-state index in [2.05, 4.69) is 4.90 Å². The maximum atomic E-state index is 13.5. The predicted molar refractivity (Wildman–Crippen MR) is 161 cm³/mol. The van der Waals surface area contributed by atoms with E-state index in [1.54, 1.807) is 40.1 Å². The summed E-state index contributed by atoms with van der Waals surface area (Å²) in [6.45, 7) is 4.73. The van der Waals surface area contributed by atoms with Gasteiger partial charge in [0.25, 0.3) is 0 Å². The Morgan fingerprint density at radius 2 is 1.62 bits per heavy atom. The number of nitrogens with zero attached hydrogens (tertiary/aromatic N) is 3. The van der Waals surface area contributed by atoms with Crippen molar-refractivity contribution in [2.24, 2.45) is 0 Å². The zero-order chi connectivity index (χ0) is 28.3. The summed E-state index contributed by atoms with van der Waals surface area (Å²) in [5.74, 6) is -2.26. The Bertz CT molecular complexity index is 1250. The summed E-state index contributed by atoms with van der Waals surface area (Å²) in [5, 5.41) is 11.9. The smallest absolute Gasteiger partial charge is 0.311 e. The molecule has 1 unspecified atom stereocenters. The third-order valence-electron chi connectivity index (χ3n) is 7.58. The average molecular weight is 652 g/mol. The topological polar surface area (TPSA) is 81.2 Å². The molecular weight excluding hydrogens is 620 g/mol. The molecule has 2 amide bonds. The van der Waals surface area contributed by atoms with E-state index in [-0.39, 0.29) is 43.6 Å². The lowest BCUT2D eigenvalue weighted by Crippen LogP contribution is -2.57. The molecule has 0 bridgehead atoms. The van der Waals surface area contributed by atoms with E-state index in [1.807, 2.05) is 0 Å². The Balaban J connectivity index is 0.00000441. The maximum Gasteiger partial charge on any atom is 0.311 e. The third kappa shape index (κ3) is 7.75. The average Bonchev–Trinajstić information content (AvgIpc) is 3.41. The van der Waals surface area contributed by atoms with E-state index in [1.165, 1.54) is 6.92 Å². The van der Waals surface area contributed by atoms with Gasteiger partial charge in [0.15, 0.2) is 0 Å². The minimum atomic E-state index is -1.02. The highest BCUT2D eigenvalue weighted by molar-refractivity contribution is 6.42. The fourth-order valence-corrected chi connectivity index (χ4v) is 6.22. The Morgan fingerprint density at radius 1 is 0.950 bits per heavy atom. The summed E-state index contributed by atoms with van der Waals surface area (Å²) in [6, 6.07) is 7.89. The number of hydrogen-bond donors (Lipinski definition) is 1. The highest BCUT2D eigenvalue weighted by Gasteiger charge is 2.36. The first-order valence-corrected chi connectivity index (χ1v) is 14.5. The van der Waals surface area contributed by atoms with Crippen LogP contribution in [0.4, 0.5) is 0 Å². The van der Waals surface area contributed by atoms with Gasteiger partial charge in [0.05, 0.1) is 38.5 Å². The number of carbonyl (C=O) groups excluding carboxylic acids is 2.